The van der Waals surface area contributed by atoms with Crippen LogP contribution >= 0.6 is 0 Å². The lowest BCUT2D eigenvalue weighted by Gasteiger charge is -2.60. The first-order valence-corrected chi connectivity index (χ1v) is 10.2. The van der Waals surface area contributed by atoms with Crippen molar-refractivity contribution < 1.29 is 14.7 Å². The van der Waals surface area contributed by atoms with Crippen molar-refractivity contribution in [1.29, 1.82) is 0 Å². The molecule has 0 aliphatic heterocycles. The van der Waals surface area contributed by atoms with E-state index < -0.39 is 0 Å². The van der Waals surface area contributed by atoms with Gasteiger partial charge in [0, 0.05) is 12.3 Å². The van der Waals surface area contributed by atoms with E-state index in [9.17, 15) is 14.7 Å². The zero-order chi connectivity index (χ0) is 18.0. The molecule has 0 radical (unpaired) electrons. The summed E-state index contributed by atoms with van der Waals surface area (Å²) in [7, 11) is 0. The van der Waals surface area contributed by atoms with Crippen LogP contribution in [0.4, 0.5) is 0 Å². The van der Waals surface area contributed by atoms with Crippen LogP contribution in [0.25, 0.3) is 0 Å². The van der Waals surface area contributed by atoms with Crippen LogP contribution in [-0.2, 0) is 9.59 Å². The third-order valence-corrected chi connectivity index (χ3v) is 8.82. The number of carbonyl (C=O) groups is 2. The minimum Gasteiger partial charge on any atom is -0.393 e. The highest BCUT2D eigenvalue weighted by atomic mass is 16.3. The van der Waals surface area contributed by atoms with Crippen molar-refractivity contribution >= 4 is 12.1 Å². The number of allylic oxidation sites excluding steroid dienone is 1. The Morgan fingerprint density at radius 2 is 2.00 bits per heavy atom. The Balaban J connectivity index is 1.70. The molecule has 0 aromatic rings. The monoisotopic (exact) mass is 344 g/mol. The lowest BCUT2D eigenvalue weighted by molar-refractivity contribution is -0.138. The highest BCUT2D eigenvalue weighted by Gasteiger charge is 2.62. The number of aliphatic hydroxyl groups is 1. The van der Waals surface area contributed by atoms with Crippen LogP contribution in [-0.4, -0.2) is 23.3 Å². The molecule has 0 aromatic carbocycles. The number of hydrogen-bond donors (Lipinski definition) is 1. The van der Waals surface area contributed by atoms with Gasteiger partial charge in [0.05, 0.1) is 6.10 Å². The molecule has 0 amide bonds. The van der Waals surface area contributed by atoms with Gasteiger partial charge in [0.15, 0.2) is 5.78 Å². The molecular weight excluding hydrogens is 312 g/mol. The second kappa shape index (κ2) is 5.77. The normalized spacial score (nSPS) is 50.3. The molecular formula is C22H32O3. The number of fused-ring (bicyclic) bond motifs is 5. The van der Waals surface area contributed by atoms with Gasteiger partial charge in [-0.1, -0.05) is 26.3 Å². The van der Waals surface area contributed by atoms with Crippen molar-refractivity contribution in [3.8, 4) is 0 Å². The van der Waals surface area contributed by atoms with E-state index in [1.807, 2.05) is 6.08 Å². The fourth-order valence-corrected chi connectivity index (χ4v) is 7.68. The van der Waals surface area contributed by atoms with Crippen molar-refractivity contribution in [2.24, 2.45) is 40.4 Å². The molecule has 3 fully saturated rings. The van der Waals surface area contributed by atoms with Gasteiger partial charge in [0.1, 0.15) is 6.29 Å². The van der Waals surface area contributed by atoms with E-state index in [1.54, 1.807) is 0 Å². The van der Waals surface area contributed by atoms with Gasteiger partial charge in [-0.2, -0.15) is 0 Å². The summed E-state index contributed by atoms with van der Waals surface area (Å²) in [4.78, 5) is 23.4. The quantitative estimate of drug-likeness (QED) is 0.772. The number of hydrogen-bond acceptors (Lipinski definition) is 3. The van der Waals surface area contributed by atoms with Crippen LogP contribution in [0.1, 0.15) is 65.7 Å². The van der Waals surface area contributed by atoms with Gasteiger partial charge >= 0.3 is 0 Å². The summed E-state index contributed by atoms with van der Waals surface area (Å²) in [6, 6.07) is 0. The Morgan fingerprint density at radius 1 is 1.24 bits per heavy atom. The Morgan fingerprint density at radius 3 is 2.72 bits per heavy atom. The van der Waals surface area contributed by atoms with Crippen LogP contribution in [0.3, 0.4) is 0 Å². The smallest absolute Gasteiger partial charge is 0.155 e. The molecule has 4 aliphatic carbocycles. The van der Waals surface area contributed by atoms with Crippen molar-refractivity contribution in [2.45, 2.75) is 71.8 Å². The Kier molecular flexibility index (Phi) is 4.03. The summed E-state index contributed by atoms with van der Waals surface area (Å²) in [6.07, 6.45) is 9.46. The average Bonchev–Trinajstić information content (AvgIpc) is 2.91. The third-order valence-electron chi connectivity index (χ3n) is 8.82. The van der Waals surface area contributed by atoms with Gasteiger partial charge in [-0.3, -0.25) is 4.79 Å². The maximum Gasteiger partial charge on any atom is 0.155 e. The van der Waals surface area contributed by atoms with E-state index >= 15 is 0 Å². The lowest BCUT2D eigenvalue weighted by Crippen LogP contribution is -2.56. The highest BCUT2D eigenvalue weighted by Crippen LogP contribution is 2.67. The number of rotatable bonds is 2. The number of ketones is 1. The van der Waals surface area contributed by atoms with Crippen LogP contribution < -0.4 is 0 Å². The molecule has 25 heavy (non-hydrogen) atoms. The van der Waals surface area contributed by atoms with Gasteiger partial charge < -0.3 is 9.90 Å². The molecule has 4 rings (SSSR count). The molecule has 3 heteroatoms. The second-order valence-electron chi connectivity index (χ2n) is 9.84. The first kappa shape index (κ1) is 17.5. The van der Waals surface area contributed by atoms with Crippen LogP contribution in [0.2, 0.25) is 0 Å². The number of aldehydes is 1. The van der Waals surface area contributed by atoms with Gasteiger partial charge in [0.2, 0.25) is 0 Å². The van der Waals surface area contributed by atoms with Crippen molar-refractivity contribution in [2.75, 3.05) is 0 Å². The molecule has 0 spiro atoms. The maximum atomic E-state index is 11.9. The average molecular weight is 344 g/mol. The maximum absolute atomic E-state index is 11.9. The van der Waals surface area contributed by atoms with Gasteiger partial charge in [-0.05, 0) is 79.1 Å². The molecule has 1 N–H and O–H groups in total. The summed E-state index contributed by atoms with van der Waals surface area (Å²) in [5.41, 5.74) is 1.37. The molecule has 138 valence electrons. The van der Waals surface area contributed by atoms with Crippen molar-refractivity contribution in [1.82, 2.24) is 0 Å². The van der Waals surface area contributed by atoms with Crippen LogP contribution in [0.15, 0.2) is 11.6 Å². The van der Waals surface area contributed by atoms with E-state index in [1.165, 1.54) is 12.0 Å². The predicted octanol–water partition coefficient (Wildman–Crippen LogP) is 3.94. The molecule has 0 heterocycles. The largest absolute Gasteiger partial charge is 0.393 e. The topological polar surface area (TPSA) is 54.4 Å². The molecule has 0 saturated heterocycles. The molecule has 3 nitrogen and oxygen atoms in total. The predicted molar refractivity (Wildman–Crippen MR) is 96.8 cm³/mol. The Bertz CT molecular complexity index is 623. The minimum atomic E-state index is -0.312. The molecule has 1 unspecified atom stereocenters. The first-order valence-electron chi connectivity index (χ1n) is 10.2. The summed E-state index contributed by atoms with van der Waals surface area (Å²) in [5.74, 6) is 2.19. The van der Waals surface area contributed by atoms with E-state index in [0.717, 1.165) is 38.4 Å². The summed E-state index contributed by atoms with van der Waals surface area (Å²) in [6.45, 7) is 6.70. The Labute approximate surface area is 151 Å². The highest BCUT2D eigenvalue weighted by molar-refractivity contribution is 5.91. The van der Waals surface area contributed by atoms with E-state index in [4.69, 9.17) is 0 Å². The molecule has 8 atom stereocenters. The van der Waals surface area contributed by atoms with Gasteiger partial charge in [-0.15, -0.1) is 0 Å². The summed E-state index contributed by atoms with van der Waals surface area (Å²) >= 11 is 0. The van der Waals surface area contributed by atoms with Crippen LogP contribution in [0.5, 0.6) is 0 Å². The fourth-order valence-electron chi connectivity index (χ4n) is 7.68. The molecule has 4 aliphatic rings. The van der Waals surface area contributed by atoms with E-state index in [0.29, 0.717) is 24.2 Å². The van der Waals surface area contributed by atoms with Gasteiger partial charge in [0.25, 0.3) is 0 Å². The standard InChI is InChI=1S/C22H32O3/c1-13(12-23)17-6-7-18-16-5-4-14-10-15(24)8-9-21(14,2)20(16)19(25)11-22(17,18)3/h10,12-13,16-20,25H,4-9,11H2,1-3H3/t13?,16-,17+,18-,19-,20+,21-,22+/m0/s1. The van der Waals surface area contributed by atoms with Crippen molar-refractivity contribution in [3.05, 3.63) is 11.6 Å². The van der Waals surface area contributed by atoms with Crippen LogP contribution in [0, 0.1) is 40.4 Å². The zero-order valence-corrected chi connectivity index (χ0v) is 15.8. The third kappa shape index (κ3) is 2.34. The van der Waals surface area contributed by atoms with E-state index in [-0.39, 0.29) is 34.6 Å². The molecule has 3 saturated carbocycles. The number of carbonyl (C=O) groups excluding carboxylic acids is 2. The second-order valence-corrected chi connectivity index (χ2v) is 9.84. The SMILES string of the molecule is CC(C=O)[C@H]1CC[C@H]2[C@@H]3CCC4=CC(=O)CC[C@]4(C)[C@H]3[C@@H](O)C[C@]12C. The molecule has 0 bridgehead atoms. The summed E-state index contributed by atoms with van der Waals surface area (Å²) in [5, 5.41) is 11.3. The minimum absolute atomic E-state index is 0.00800. The molecule has 0 aromatic heterocycles. The van der Waals surface area contributed by atoms with Crippen molar-refractivity contribution in [3.63, 3.8) is 0 Å². The van der Waals surface area contributed by atoms with E-state index in [2.05, 4.69) is 20.8 Å². The Hall–Kier alpha value is -0.960. The fraction of sp³-hybridized carbons (Fsp3) is 0.818. The number of aliphatic hydroxyl groups excluding tert-OH is 1. The summed E-state index contributed by atoms with van der Waals surface area (Å²) < 4.78 is 0. The van der Waals surface area contributed by atoms with Gasteiger partial charge in [-0.25, -0.2) is 0 Å². The lowest BCUT2D eigenvalue weighted by atomic mass is 9.45. The zero-order valence-electron chi connectivity index (χ0n) is 15.8. The first-order chi connectivity index (χ1) is 11.8.